The number of unbranched alkanes of at least 4 members (excludes halogenated alkanes) is 28. The second-order valence-electron chi connectivity index (χ2n) is 25.2. The zero-order valence-electron chi connectivity index (χ0n) is 54.2. The molecule has 0 N–H and O–H groups in total. The van der Waals surface area contributed by atoms with Crippen LogP contribution in [0.1, 0.15) is 294 Å². The van der Waals surface area contributed by atoms with Gasteiger partial charge in [-0.15, -0.1) is 90.7 Å². The van der Waals surface area contributed by atoms with E-state index in [-0.39, 0.29) is 29.7 Å². The summed E-state index contributed by atoms with van der Waals surface area (Å²) in [5, 5.41) is 3.63. The maximum absolute atomic E-state index is 2.69. The van der Waals surface area contributed by atoms with Gasteiger partial charge in [0.05, 0.1) is 0 Å². The molecule has 0 atom stereocenters. The molecule has 0 spiro atoms. The van der Waals surface area contributed by atoms with Crippen LogP contribution in [-0.2, 0) is 12.8 Å². The van der Waals surface area contributed by atoms with Crippen LogP contribution in [-0.4, -0.2) is 8.07 Å². The van der Waals surface area contributed by atoms with Gasteiger partial charge in [0, 0.05) is 78.0 Å². The van der Waals surface area contributed by atoms with Gasteiger partial charge in [-0.1, -0.05) is 250 Å². The Balaban J connectivity index is 0.000000368. The molecule has 496 valence electrons. The van der Waals surface area contributed by atoms with Crippen LogP contribution in [0.3, 0.4) is 0 Å². The van der Waals surface area contributed by atoms with Crippen LogP contribution in [0.2, 0.25) is 12.1 Å². The molecular weight excluding hydrogens is 1250 g/mol. The third-order valence-electron chi connectivity index (χ3n) is 18.1. The van der Waals surface area contributed by atoms with Crippen molar-refractivity contribution >= 4 is 109 Å². The fraction of sp³-hybridized carbons (Fsp3) is 0.600. The van der Waals surface area contributed by atoms with E-state index in [1.54, 1.807) is 20.9 Å². The highest BCUT2D eigenvalue weighted by Crippen LogP contribution is 2.49. The van der Waals surface area contributed by atoms with E-state index in [1.807, 2.05) is 67.1 Å². The fourth-order valence-corrected chi connectivity index (χ4v) is 28.9. The molecule has 8 aromatic heterocycles. The lowest BCUT2D eigenvalue weighted by Gasteiger charge is -2.29. The average Bonchev–Trinajstić information content (AvgIpc) is 1.56. The van der Waals surface area contributed by atoms with E-state index in [0.29, 0.717) is 0 Å². The first-order valence-corrected chi connectivity index (χ1v) is 43.4. The van der Waals surface area contributed by atoms with E-state index in [0.717, 1.165) is 0 Å². The Labute approximate surface area is 581 Å². The van der Waals surface area contributed by atoms with Crippen molar-refractivity contribution < 1.29 is 0 Å². The molecule has 9 heteroatoms. The summed E-state index contributed by atoms with van der Waals surface area (Å²) in [6.07, 6.45) is 47.4. The summed E-state index contributed by atoms with van der Waals surface area (Å²) in [5.74, 6) is 0. The number of hydrogen-bond donors (Lipinski definition) is 0. The molecule has 0 unspecified atom stereocenters. The van der Waals surface area contributed by atoms with E-state index < -0.39 is 8.07 Å². The van der Waals surface area contributed by atoms with E-state index >= 15 is 0 Å². The number of hydrogen-bond acceptors (Lipinski definition) is 8. The number of rotatable bonds is 41. The van der Waals surface area contributed by atoms with E-state index in [9.17, 15) is 0 Å². The van der Waals surface area contributed by atoms with Crippen LogP contribution in [0.25, 0.3) is 58.5 Å². The lowest BCUT2D eigenvalue weighted by atomic mass is 10.0. The first-order chi connectivity index (χ1) is 41.6. The Morgan fingerprint density at radius 3 is 1.04 bits per heavy atom. The van der Waals surface area contributed by atoms with Crippen molar-refractivity contribution in [2.75, 3.05) is 0 Å². The Bertz CT molecular complexity index is 3090. The number of thiophene rings is 8. The van der Waals surface area contributed by atoms with Crippen molar-refractivity contribution in [3.8, 4) is 58.5 Å². The predicted molar refractivity (Wildman–Crippen MR) is 427 cm³/mol. The molecule has 0 nitrogen and oxygen atoms in total. The molecule has 9 heterocycles. The molecule has 1 aliphatic rings. The topological polar surface area (TPSA) is 0 Å². The molecule has 0 aromatic carbocycles. The summed E-state index contributed by atoms with van der Waals surface area (Å²) < 4.78 is 0. The first kappa shape index (κ1) is 79.3. The van der Waals surface area contributed by atoms with Crippen LogP contribution in [0.5, 0.6) is 0 Å². The number of fused-ring (bicyclic) bond motifs is 3. The molecule has 0 amide bonds. The van der Waals surface area contributed by atoms with Crippen LogP contribution >= 0.6 is 90.7 Å². The van der Waals surface area contributed by atoms with Gasteiger partial charge in [-0.25, -0.2) is 0 Å². The minimum Gasteiger partial charge on any atom is -0.140 e. The maximum atomic E-state index is 2.69. The van der Waals surface area contributed by atoms with Crippen LogP contribution in [0.4, 0.5) is 0 Å². The van der Waals surface area contributed by atoms with Crippen molar-refractivity contribution in [3.05, 3.63) is 103 Å². The molecule has 9 rings (SSSR count). The molecule has 0 bridgehead atoms. The van der Waals surface area contributed by atoms with Crippen molar-refractivity contribution in [3.63, 3.8) is 0 Å². The third-order valence-corrected chi connectivity index (χ3v) is 33.4. The van der Waals surface area contributed by atoms with Crippen molar-refractivity contribution in [2.45, 2.75) is 315 Å². The first-order valence-electron chi connectivity index (χ1n) is 34.5. The van der Waals surface area contributed by atoms with Gasteiger partial charge in [0.2, 0.25) is 0 Å². The molecule has 0 fully saturated rings. The zero-order chi connectivity index (χ0) is 59.6. The Morgan fingerprint density at radius 2 is 0.584 bits per heavy atom. The fourth-order valence-electron chi connectivity index (χ4n) is 13.1. The third kappa shape index (κ3) is 23.6. The van der Waals surface area contributed by atoms with Gasteiger partial charge in [0.1, 0.15) is 8.07 Å². The summed E-state index contributed by atoms with van der Waals surface area (Å²) in [5.41, 5.74) is 3.18. The monoisotopic (exact) mass is 1370 g/mol. The lowest BCUT2D eigenvalue weighted by molar-refractivity contribution is 0.556. The van der Waals surface area contributed by atoms with Crippen LogP contribution in [0.15, 0.2) is 72.8 Å². The van der Waals surface area contributed by atoms with Crippen LogP contribution in [0, 0.1) is 27.7 Å². The number of aryl methyl sites for hydroxylation is 6. The van der Waals surface area contributed by atoms with Gasteiger partial charge < -0.3 is 0 Å². The SMILES string of the molecule is C.C.C.C.CCCCCCCCCCCCc1cc(-c2cc(CCCCCCCCCCCC)c(-c3ccc(-c4ccc(C)s4)s3)s2)sc1C.CCCCCCCC[Si]1(CCCCCCCC)c2cc(C)sc2-c2sc(-c3ccc(-c4ccc(C)s4)s3)cc21. The molecule has 0 saturated carbocycles. The van der Waals surface area contributed by atoms with Crippen LogP contribution < -0.4 is 10.4 Å². The van der Waals surface area contributed by atoms with Gasteiger partial charge in [-0.3, -0.25) is 0 Å². The highest BCUT2D eigenvalue weighted by molar-refractivity contribution is 7.33. The summed E-state index contributed by atoms with van der Waals surface area (Å²) in [7, 11) is -1.73. The molecule has 8 aromatic rings. The van der Waals surface area contributed by atoms with Gasteiger partial charge in [0.25, 0.3) is 0 Å². The normalized spacial score (nSPS) is 12.0. The predicted octanol–water partition coefficient (Wildman–Crippen LogP) is 31.2. The quantitative estimate of drug-likeness (QED) is 0.0265. The molecule has 0 aliphatic carbocycles. The van der Waals surface area contributed by atoms with Crippen molar-refractivity contribution in [2.24, 2.45) is 0 Å². The smallest absolute Gasteiger partial charge is 0.122 e. The minimum atomic E-state index is -1.73. The lowest BCUT2D eigenvalue weighted by Crippen LogP contribution is -2.54. The molecule has 0 radical (unpaired) electrons. The molecule has 89 heavy (non-hydrogen) atoms. The summed E-state index contributed by atoms with van der Waals surface area (Å²) >= 11 is 16.1. The van der Waals surface area contributed by atoms with Gasteiger partial charge in [-0.2, -0.15) is 0 Å². The van der Waals surface area contributed by atoms with E-state index in [1.165, 1.54) is 299 Å². The van der Waals surface area contributed by atoms with E-state index in [2.05, 4.69) is 162 Å². The second kappa shape index (κ2) is 43.0. The Hall–Kier alpha value is -2.18. The zero-order valence-corrected chi connectivity index (χ0v) is 61.7. The molecule has 1 aliphatic heterocycles. The largest absolute Gasteiger partial charge is 0.140 e. The standard InChI is InChI=1S/C42H62S4.C34H46S4Si.4CH4/c1-5-7-9-11-13-15-17-19-21-23-25-35-31-40(44-34(35)4)41-32-36(26-24-22-20-18-16-14-12-10-8-6-2)42(46-41)39-30-29-38(45-39)37-28-27-33(3)43-37;1-5-7-9-11-13-15-21-39(22-16-14-12-10-8-6-2)31-23-26(4)36-33(31)34-32(39)24-30(38-34)29-20-19-28(37-29)27-18-17-25(3)35-27;;;;/h27-32H,5-26H2,1-4H3;17-20,23-24H,5-16,21-22H2,1-4H3;4*1H4. The summed E-state index contributed by atoms with van der Waals surface area (Å²) in [6, 6.07) is 32.0. The summed E-state index contributed by atoms with van der Waals surface area (Å²) in [4.78, 5) is 23.8. The van der Waals surface area contributed by atoms with Gasteiger partial charge in [-0.05, 0) is 160 Å². The highest BCUT2D eigenvalue weighted by Gasteiger charge is 2.47. The van der Waals surface area contributed by atoms with Gasteiger partial charge in [0.15, 0.2) is 0 Å². The van der Waals surface area contributed by atoms with Gasteiger partial charge >= 0.3 is 0 Å². The average molecular weight is 1370 g/mol. The maximum Gasteiger partial charge on any atom is 0.122 e. The Kier molecular flexibility index (Phi) is 38.3. The summed E-state index contributed by atoms with van der Waals surface area (Å²) in [6.45, 7) is 18.4. The minimum absolute atomic E-state index is 0. The second-order valence-corrected chi connectivity index (χ2v) is 38.8. The Morgan fingerprint density at radius 1 is 0.258 bits per heavy atom. The highest BCUT2D eigenvalue weighted by atomic mass is 32.1. The molecular formula is C80H124S8Si. The van der Waals surface area contributed by atoms with Crippen molar-refractivity contribution in [1.82, 2.24) is 0 Å². The van der Waals surface area contributed by atoms with E-state index in [4.69, 9.17) is 0 Å². The van der Waals surface area contributed by atoms with Crippen molar-refractivity contribution in [1.29, 1.82) is 0 Å². The molecule has 0 saturated heterocycles.